The number of esters is 1. The van der Waals surface area contributed by atoms with Crippen molar-refractivity contribution in [3.8, 4) is 5.75 Å². The van der Waals surface area contributed by atoms with Gasteiger partial charge in [0.25, 0.3) is 5.91 Å². The van der Waals surface area contributed by atoms with Crippen LogP contribution in [-0.4, -0.2) is 37.1 Å². The molecule has 7 heteroatoms. The first kappa shape index (κ1) is 16.2. The number of amides is 1. The Labute approximate surface area is 142 Å². The van der Waals surface area contributed by atoms with Gasteiger partial charge in [-0.2, -0.15) is 0 Å². The number of fused-ring (bicyclic) bond motifs is 2. The molecule has 0 saturated heterocycles. The molecule has 0 bridgehead atoms. The third-order valence-corrected chi connectivity index (χ3v) is 4.47. The van der Waals surface area contributed by atoms with E-state index in [1.54, 1.807) is 20.1 Å². The van der Waals surface area contributed by atoms with E-state index in [4.69, 9.17) is 9.47 Å². The number of ether oxygens (including phenoxy) is 2. The lowest BCUT2D eigenvalue weighted by molar-refractivity contribution is -0.141. The number of pyridine rings is 1. The van der Waals surface area contributed by atoms with Crippen LogP contribution < -0.4 is 10.1 Å². The molecule has 0 spiro atoms. The topological polar surface area (TPSA) is 77.5 Å². The van der Waals surface area contributed by atoms with Crippen LogP contribution in [0, 0.1) is 0 Å². The Morgan fingerprint density at radius 3 is 2.79 bits per heavy atom. The zero-order valence-corrected chi connectivity index (χ0v) is 14.1. The lowest BCUT2D eigenvalue weighted by Crippen LogP contribution is -2.30. The molecule has 1 aromatic carbocycles. The number of thiophene rings is 1. The Morgan fingerprint density at radius 1 is 1.21 bits per heavy atom. The van der Waals surface area contributed by atoms with E-state index in [0.717, 1.165) is 26.9 Å². The van der Waals surface area contributed by atoms with Crippen LogP contribution in [0.25, 0.3) is 21.1 Å². The van der Waals surface area contributed by atoms with Crippen molar-refractivity contribution in [2.24, 2.45) is 0 Å². The van der Waals surface area contributed by atoms with E-state index in [1.165, 1.54) is 11.3 Å². The molecule has 0 aliphatic carbocycles. The molecule has 0 aliphatic heterocycles. The van der Waals surface area contributed by atoms with Gasteiger partial charge in [-0.3, -0.25) is 9.59 Å². The second-order valence-electron chi connectivity index (χ2n) is 5.04. The van der Waals surface area contributed by atoms with Crippen LogP contribution in [0.3, 0.4) is 0 Å². The zero-order valence-electron chi connectivity index (χ0n) is 13.3. The van der Waals surface area contributed by atoms with Gasteiger partial charge in [0, 0.05) is 10.8 Å². The average Bonchev–Trinajstić information content (AvgIpc) is 3.00. The van der Waals surface area contributed by atoms with Crippen LogP contribution in [0.4, 0.5) is 0 Å². The van der Waals surface area contributed by atoms with Gasteiger partial charge in [0.2, 0.25) is 0 Å². The van der Waals surface area contributed by atoms with E-state index in [9.17, 15) is 9.59 Å². The highest BCUT2D eigenvalue weighted by Crippen LogP contribution is 2.29. The largest absolute Gasteiger partial charge is 0.497 e. The monoisotopic (exact) mass is 344 g/mol. The van der Waals surface area contributed by atoms with Crippen molar-refractivity contribution in [3.05, 3.63) is 35.2 Å². The molecule has 24 heavy (non-hydrogen) atoms. The molecule has 1 N–H and O–H groups in total. The van der Waals surface area contributed by atoms with E-state index in [2.05, 4.69) is 10.3 Å². The van der Waals surface area contributed by atoms with Crippen LogP contribution in [0.15, 0.2) is 30.3 Å². The van der Waals surface area contributed by atoms with E-state index >= 15 is 0 Å². The summed E-state index contributed by atoms with van der Waals surface area (Å²) in [5.41, 5.74) is 0.837. The van der Waals surface area contributed by atoms with Crippen molar-refractivity contribution in [1.82, 2.24) is 10.3 Å². The molecule has 0 radical (unpaired) electrons. The van der Waals surface area contributed by atoms with Crippen LogP contribution >= 0.6 is 11.3 Å². The molecule has 3 rings (SSSR count). The standard InChI is InChI=1S/C17H16N2O4S/c1-3-23-15(20)9-18-16(21)14-8-11-6-10-7-12(22-2)4-5-13(10)19-17(11)24-14/h4-8H,3,9H2,1-2H3,(H,18,21). The van der Waals surface area contributed by atoms with E-state index in [0.29, 0.717) is 4.88 Å². The lowest BCUT2D eigenvalue weighted by Gasteiger charge is -2.02. The summed E-state index contributed by atoms with van der Waals surface area (Å²) in [7, 11) is 1.61. The van der Waals surface area contributed by atoms with Gasteiger partial charge in [-0.15, -0.1) is 11.3 Å². The van der Waals surface area contributed by atoms with Crippen LogP contribution in [-0.2, 0) is 9.53 Å². The highest BCUT2D eigenvalue weighted by atomic mass is 32.1. The number of carbonyl (C=O) groups excluding carboxylic acids is 2. The summed E-state index contributed by atoms with van der Waals surface area (Å²) >= 11 is 1.29. The first-order valence-corrected chi connectivity index (χ1v) is 8.24. The molecular weight excluding hydrogens is 328 g/mol. The van der Waals surface area contributed by atoms with Crippen molar-refractivity contribution in [3.63, 3.8) is 0 Å². The van der Waals surface area contributed by atoms with Gasteiger partial charge in [-0.25, -0.2) is 4.98 Å². The molecule has 6 nitrogen and oxygen atoms in total. The fraction of sp³-hybridized carbons (Fsp3) is 0.235. The number of carbonyl (C=O) groups is 2. The van der Waals surface area contributed by atoms with E-state index < -0.39 is 5.97 Å². The number of hydrogen-bond acceptors (Lipinski definition) is 6. The van der Waals surface area contributed by atoms with Gasteiger partial charge in [-0.1, -0.05) is 0 Å². The SMILES string of the molecule is CCOC(=O)CNC(=O)c1cc2cc3cc(OC)ccc3nc2s1. The molecule has 0 fully saturated rings. The summed E-state index contributed by atoms with van der Waals surface area (Å²) in [4.78, 5) is 29.3. The summed E-state index contributed by atoms with van der Waals surface area (Å²) in [5.74, 6) is -0.0121. The Kier molecular flexibility index (Phi) is 4.61. The van der Waals surface area contributed by atoms with Crippen molar-refractivity contribution < 1.29 is 19.1 Å². The van der Waals surface area contributed by atoms with Gasteiger partial charge in [0.1, 0.15) is 17.1 Å². The molecule has 1 amide bonds. The summed E-state index contributed by atoms with van der Waals surface area (Å²) < 4.78 is 10.0. The molecule has 2 heterocycles. The Balaban J connectivity index is 1.86. The quantitative estimate of drug-likeness (QED) is 0.720. The zero-order chi connectivity index (χ0) is 17.1. The smallest absolute Gasteiger partial charge is 0.325 e. The lowest BCUT2D eigenvalue weighted by atomic mass is 10.2. The molecule has 124 valence electrons. The van der Waals surface area contributed by atoms with Gasteiger partial charge >= 0.3 is 5.97 Å². The predicted molar refractivity (Wildman–Crippen MR) is 92.6 cm³/mol. The normalized spacial score (nSPS) is 10.8. The fourth-order valence-electron chi connectivity index (χ4n) is 2.30. The maximum Gasteiger partial charge on any atom is 0.325 e. The van der Waals surface area contributed by atoms with Crippen molar-refractivity contribution >= 4 is 44.3 Å². The number of rotatable bonds is 5. The Bertz CT molecular complexity index is 919. The minimum atomic E-state index is -0.456. The minimum Gasteiger partial charge on any atom is -0.497 e. The summed E-state index contributed by atoms with van der Waals surface area (Å²) in [5, 5.41) is 4.37. The van der Waals surface area contributed by atoms with Crippen LogP contribution in [0.2, 0.25) is 0 Å². The highest BCUT2D eigenvalue weighted by molar-refractivity contribution is 7.20. The molecule has 0 saturated carbocycles. The molecular formula is C17H16N2O4S. The number of nitrogens with zero attached hydrogens (tertiary/aromatic N) is 1. The molecule has 0 unspecified atom stereocenters. The third kappa shape index (κ3) is 3.30. The minimum absolute atomic E-state index is 0.145. The maximum absolute atomic E-state index is 12.2. The van der Waals surface area contributed by atoms with Crippen molar-refractivity contribution in [2.75, 3.05) is 20.3 Å². The summed E-state index contributed by atoms with van der Waals surface area (Å²) in [6.45, 7) is 1.86. The van der Waals surface area contributed by atoms with Gasteiger partial charge in [-0.05, 0) is 37.3 Å². The first-order chi connectivity index (χ1) is 11.6. The molecule has 3 aromatic rings. The van der Waals surface area contributed by atoms with Gasteiger partial charge in [0.15, 0.2) is 0 Å². The number of nitrogens with one attached hydrogen (secondary N) is 1. The Hall–Kier alpha value is -2.67. The van der Waals surface area contributed by atoms with Crippen LogP contribution in [0.5, 0.6) is 5.75 Å². The first-order valence-electron chi connectivity index (χ1n) is 7.43. The van der Waals surface area contributed by atoms with Gasteiger partial charge < -0.3 is 14.8 Å². The third-order valence-electron chi connectivity index (χ3n) is 3.43. The van der Waals surface area contributed by atoms with E-state index in [1.807, 2.05) is 24.3 Å². The second kappa shape index (κ2) is 6.84. The number of aromatic nitrogens is 1. The molecule has 0 aliphatic rings. The number of methoxy groups -OCH3 is 1. The molecule has 0 atom stereocenters. The fourth-order valence-corrected chi connectivity index (χ4v) is 3.24. The molecule has 2 aromatic heterocycles. The average molecular weight is 344 g/mol. The Morgan fingerprint density at radius 2 is 2.04 bits per heavy atom. The second-order valence-corrected chi connectivity index (χ2v) is 6.07. The van der Waals surface area contributed by atoms with E-state index in [-0.39, 0.29) is 19.1 Å². The van der Waals surface area contributed by atoms with Gasteiger partial charge in [0.05, 0.1) is 24.1 Å². The number of hydrogen-bond donors (Lipinski definition) is 1. The maximum atomic E-state index is 12.2. The number of benzene rings is 1. The summed E-state index contributed by atoms with van der Waals surface area (Å²) in [6, 6.07) is 9.38. The predicted octanol–water partition coefficient (Wildman–Crippen LogP) is 2.75. The van der Waals surface area contributed by atoms with Crippen LogP contribution in [0.1, 0.15) is 16.6 Å². The van der Waals surface area contributed by atoms with Crippen molar-refractivity contribution in [2.45, 2.75) is 6.92 Å². The highest BCUT2D eigenvalue weighted by Gasteiger charge is 2.13. The van der Waals surface area contributed by atoms with Crippen molar-refractivity contribution in [1.29, 1.82) is 0 Å². The summed E-state index contributed by atoms with van der Waals surface area (Å²) in [6.07, 6.45) is 0.